The van der Waals surface area contributed by atoms with E-state index in [1.807, 2.05) is 67.6 Å². The largest absolute Gasteiger partial charge is 0.281 e. The van der Waals surface area contributed by atoms with Crippen molar-refractivity contribution in [3.8, 4) is 0 Å². The van der Waals surface area contributed by atoms with Gasteiger partial charge in [-0.3, -0.25) is 0 Å². The second kappa shape index (κ2) is 7.37. The van der Waals surface area contributed by atoms with Gasteiger partial charge in [-0.15, -0.1) is 0 Å². The third-order valence-corrected chi connectivity index (χ3v) is 11.5. The quantitative estimate of drug-likeness (QED) is 0.431. The van der Waals surface area contributed by atoms with Gasteiger partial charge in [0.05, 0.1) is 11.9 Å². The van der Waals surface area contributed by atoms with Gasteiger partial charge >= 0.3 is 0 Å². The molecule has 0 amide bonds. The van der Waals surface area contributed by atoms with Gasteiger partial charge in [0.25, 0.3) is 10.0 Å². The summed E-state index contributed by atoms with van der Waals surface area (Å²) in [6.07, 6.45) is 0. The number of aryl methyl sites for hydroxylation is 1. The summed E-state index contributed by atoms with van der Waals surface area (Å²) in [5.74, 6) is 0. The molecule has 0 saturated heterocycles. The molecule has 4 rings (SSSR count). The Balaban J connectivity index is 2.01. The lowest BCUT2D eigenvalue weighted by Gasteiger charge is -2.19. The minimum atomic E-state index is -3.82. The molecular weight excluding hydrogens is 409 g/mol. The molecule has 3 nitrogen and oxygen atoms in total. The maximum atomic E-state index is 13.5. The summed E-state index contributed by atoms with van der Waals surface area (Å²) in [6, 6.07) is 26.9. The van der Waals surface area contributed by atoms with Crippen LogP contribution >= 0.6 is 7.05 Å². The first-order valence-electron chi connectivity index (χ1n) is 9.98. The zero-order chi connectivity index (χ0) is 21.6. The highest BCUT2D eigenvalue weighted by molar-refractivity contribution is 8.03. The average molecular weight is 436 g/mol. The van der Waals surface area contributed by atoms with Crippen LogP contribution in [-0.4, -0.2) is 8.42 Å². The van der Waals surface area contributed by atoms with Crippen molar-refractivity contribution in [1.29, 1.82) is 0 Å². The van der Waals surface area contributed by atoms with Crippen LogP contribution in [0.4, 0.5) is 0 Å². The molecule has 0 N–H and O–H groups in total. The lowest BCUT2D eigenvalue weighted by Crippen LogP contribution is -2.07. The first kappa shape index (κ1) is 20.8. The van der Waals surface area contributed by atoms with Crippen molar-refractivity contribution in [3.63, 3.8) is 0 Å². The molecule has 5 heteroatoms. The highest BCUT2D eigenvalue weighted by Crippen LogP contribution is 2.86. The normalized spacial score (nSPS) is 18.9. The molecule has 0 aromatic heterocycles. The molecule has 1 atom stereocenters. The zero-order valence-electron chi connectivity index (χ0n) is 17.7. The van der Waals surface area contributed by atoms with E-state index in [1.165, 1.54) is 0 Å². The van der Waals surface area contributed by atoms with Crippen molar-refractivity contribution in [1.82, 2.24) is 0 Å². The molecule has 3 aromatic rings. The second-order valence-corrected chi connectivity index (χ2v) is 13.4. The summed E-state index contributed by atoms with van der Waals surface area (Å²) < 4.78 is 31.6. The van der Waals surface area contributed by atoms with E-state index < -0.39 is 17.1 Å². The molecule has 30 heavy (non-hydrogen) atoms. The Morgan fingerprint density at radius 2 is 1.30 bits per heavy atom. The molecular formula is C25H26NO2PS. The zero-order valence-corrected chi connectivity index (χ0v) is 19.4. The van der Waals surface area contributed by atoms with Crippen LogP contribution < -0.4 is 5.30 Å². The number of hydrogen-bond acceptors (Lipinski definition) is 2. The monoisotopic (exact) mass is 435 g/mol. The minimum Gasteiger partial charge on any atom is -0.199 e. The Morgan fingerprint density at radius 3 is 1.83 bits per heavy atom. The summed E-state index contributed by atoms with van der Waals surface area (Å²) in [5.41, 5.74) is 1.88. The topological polar surface area (TPSA) is 46.5 Å². The average Bonchev–Trinajstić information content (AvgIpc) is 3.39. The minimum absolute atomic E-state index is 0.193. The van der Waals surface area contributed by atoms with E-state index in [4.69, 9.17) is 4.15 Å². The van der Waals surface area contributed by atoms with Gasteiger partial charge in [-0.1, -0.05) is 99.1 Å². The van der Waals surface area contributed by atoms with Gasteiger partial charge in [-0.2, -0.15) is 12.6 Å². The maximum Gasteiger partial charge on any atom is 0.281 e. The Bertz CT molecular complexity index is 1270. The molecule has 1 heterocycles. The summed E-state index contributed by atoms with van der Waals surface area (Å²) in [6.45, 7) is 8.37. The van der Waals surface area contributed by atoms with Crippen LogP contribution in [0, 0.1) is 12.3 Å². The molecule has 3 aromatic carbocycles. The van der Waals surface area contributed by atoms with E-state index >= 15 is 0 Å². The van der Waals surface area contributed by atoms with Crippen molar-refractivity contribution in [2.24, 2.45) is 9.57 Å². The molecule has 0 bridgehead atoms. The lowest BCUT2D eigenvalue weighted by molar-refractivity contribution is 0.539. The number of sulfonamides is 1. The van der Waals surface area contributed by atoms with Crippen molar-refractivity contribution < 1.29 is 8.42 Å². The molecule has 0 fully saturated rings. The van der Waals surface area contributed by atoms with Gasteiger partial charge in [-0.25, -0.2) is 0 Å². The van der Waals surface area contributed by atoms with E-state index in [0.29, 0.717) is 0 Å². The van der Waals surface area contributed by atoms with E-state index in [2.05, 4.69) is 32.9 Å². The fourth-order valence-electron chi connectivity index (χ4n) is 3.95. The van der Waals surface area contributed by atoms with Gasteiger partial charge in [0.1, 0.15) is 0 Å². The van der Waals surface area contributed by atoms with E-state index in [-0.39, 0.29) is 10.3 Å². The lowest BCUT2D eigenvalue weighted by atomic mass is 9.95. The van der Waals surface area contributed by atoms with Gasteiger partial charge in [-0.05, 0) is 35.3 Å². The Labute approximate surface area is 179 Å². The van der Waals surface area contributed by atoms with Crippen LogP contribution in [0.2, 0.25) is 0 Å². The van der Waals surface area contributed by atoms with Crippen LogP contribution in [0.3, 0.4) is 0 Å². The SMILES string of the molecule is Cc1ccc(S(=O)(=O)N=P2(c3ccccc3)C(c3ccccc3)=C2C(C)(C)C)cc1. The Kier molecular flexibility index (Phi) is 5.12. The highest BCUT2D eigenvalue weighted by Gasteiger charge is 2.54. The predicted molar refractivity (Wildman–Crippen MR) is 127 cm³/mol. The second-order valence-electron chi connectivity index (χ2n) is 8.65. The summed E-state index contributed by atoms with van der Waals surface area (Å²) in [4.78, 5) is 0.246. The molecule has 1 aliphatic heterocycles. The molecule has 154 valence electrons. The molecule has 0 radical (unpaired) electrons. The van der Waals surface area contributed by atoms with Gasteiger partial charge in [0.15, 0.2) is 0 Å². The fraction of sp³-hybridized carbons (Fsp3) is 0.200. The summed E-state index contributed by atoms with van der Waals surface area (Å²) >= 11 is 0. The van der Waals surface area contributed by atoms with Crippen molar-refractivity contribution in [3.05, 3.63) is 101 Å². The van der Waals surface area contributed by atoms with Crippen molar-refractivity contribution in [2.45, 2.75) is 32.6 Å². The standard InChI is InChI=1S/C25H26NO2PS/c1-19-15-17-22(18-16-19)30(27,28)26-29(21-13-9-6-10-14-21)23(24(29)25(2,3)4)20-11-7-5-8-12-20/h5-18H,1-4H3. The van der Waals surface area contributed by atoms with E-state index in [9.17, 15) is 8.42 Å². The predicted octanol–water partition coefficient (Wildman–Crippen LogP) is 6.64. The van der Waals surface area contributed by atoms with Crippen LogP contribution in [0.1, 0.15) is 31.9 Å². The Hall–Kier alpha value is -2.42. The maximum absolute atomic E-state index is 13.5. The van der Waals surface area contributed by atoms with E-state index in [1.54, 1.807) is 12.1 Å². The van der Waals surface area contributed by atoms with Crippen LogP contribution in [0.5, 0.6) is 0 Å². The summed E-state index contributed by atoms with van der Waals surface area (Å²) in [7, 11) is -6.36. The molecule has 0 spiro atoms. The van der Waals surface area contributed by atoms with Crippen LogP contribution in [-0.2, 0) is 10.0 Å². The first-order valence-corrected chi connectivity index (χ1v) is 13.2. The third kappa shape index (κ3) is 3.59. The number of allylic oxidation sites excluding steroid dienone is 1. The molecule has 0 saturated carbocycles. The molecule has 1 unspecified atom stereocenters. The molecule has 0 aliphatic carbocycles. The van der Waals surface area contributed by atoms with Crippen molar-refractivity contribution in [2.75, 3.05) is 0 Å². The number of hydrogen-bond donors (Lipinski definition) is 0. The number of nitrogens with zero attached hydrogens (tertiary/aromatic N) is 1. The van der Waals surface area contributed by atoms with Crippen LogP contribution in [0.25, 0.3) is 5.31 Å². The number of rotatable bonds is 4. The van der Waals surface area contributed by atoms with E-state index in [0.717, 1.165) is 27.1 Å². The third-order valence-electron chi connectivity index (χ3n) is 5.26. The Morgan fingerprint density at radius 1 is 0.767 bits per heavy atom. The number of benzene rings is 3. The van der Waals surface area contributed by atoms with Gasteiger partial charge in [0.2, 0.25) is 0 Å². The highest BCUT2D eigenvalue weighted by atomic mass is 32.2. The smallest absolute Gasteiger partial charge is 0.199 e. The van der Waals surface area contributed by atoms with Gasteiger partial charge in [0, 0.05) is 10.6 Å². The summed E-state index contributed by atoms with van der Waals surface area (Å²) in [5, 5.41) is 3.24. The van der Waals surface area contributed by atoms with Crippen LogP contribution in [0.15, 0.2) is 99.3 Å². The van der Waals surface area contributed by atoms with Gasteiger partial charge < -0.3 is 0 Å². The fourth-order valence-corrected chi connectivity index (χ4v) is 11.0. The van der Waals surface area contributed by atoms with Crippen molar-refractivity contribution >= 4 is 27.7 Å². The molecule has 1 aliphatic rings. The first-order chi connectivity index (χ1) is 14.2.